The first-order valence-corrected chi connectivity index (χ1v) is 7.29. The predicted molar refractivity (Wildman–Crippen MR) is 81.4 cm³/mol. The second-order valence-corrected chi connectivity index (χ2v) is 5.89. The summed E-state index contributed by atoms with van der Waals surface area (Å²) in [6.45, 7) is 0. The van der Waals surface area contributed by atoms with Gasteiger partial charge in [-0.2, -0.15) is 13.2 Å². The van der Waals surface area contributed by atoms with Crippen molar-refractivity contribution in [2.75, 3.05) is 5.73 Å². The van der Waals surface area contributed by atoms with E-state index in [1.54, 1.807) is 0 Å². The molecule has 0 aliphatic heterocycles. The van der Waals surface area contributed by atoms with E-state index in [0.717, 1.165) is 18.2 Å². The van der Waals surface area contributed by atoms with Crippen LogP contribution in [0.25, 0.3) is 21.5 Å². The standard InChI is InChI=1S/C15H8F4N2O2S/c16-7-3-1-6(2-4-7)9-5-8(15(17,18)19)10-11(20)12(14(22)23)24-13(10)21-9/h1-5H,20H2,(H,22,23). The van der Waals surface area contributed by atoms with E-state index in [4.69, 9.17) is 10.8 Å². The molecule has 0 atom stereocenters. The number of halogens is 4. The number of nitrogens with two attached hydrogens (primary N) is 1. The van der Waals surface area contributed by atoms with Crippen LogP contribution >= 0.6 is 11.3 Å². The number of fused-ring (bicyclic) bond motifs is 1. The Morgan fingerprint density at radius 2 is 1.83 bits per heavy atom. The summed E-state index contributed by atoms with van der Waals surface area (Å²) in [5.41, 5.74) is 4.27. The normalized spacial score (nSPS) is 11.8. The van der Waals surface area contributed by atoms with Gasteiger partial charge in [0.25, 0.3) is 0 Å². The fraction of sp³-hybridized carbons (Fsp3) is 0.0667. The summed E-state index contributed by atoms with van der Waals surface area (Å²) in [4.78, 5) is 14.6. The Balaban J connectivity index is 2.34. The van der Waals surface area contributed by atoms with Crippen molar-refractivity contribution in [3.8, 4) is 11.3 Å². The molecule has 9 heteroatoms. The molecule has 4 nitrogen and oxygen atoms in total. The molecule has 0 amide bonds. The molecule has 0 aliphatic carbocycles. The van der Waals surface area contributed by atoms with Gasteiger partial charge in [-0.3, -0.25) is 0 Å². The third-order valence-corrected chi connectivity index (χ3v) is 4.43. The SMILES string of the molecule is Nc1c(C(=O)O)sc2nc(-c3ccc(F)cc3)cc(C(F)(F)F)c12. The fourth-order valence-electron chi connectivity index (χ4n) is 2.27. The van der Waals surface area contributed by atoms with Gasteiger partial charge in [0.1, 0.15) is 15.5 Å². The highest BCUT2D eigenvalue weighted by atomic mass is 32.1. The Labute approximate surface area is 136 Å². The molecule has 2 aromatic heterocycles. The number of benzene rings is 1. The Hall–Kier alpha value is -2.68. The molecular formula is C15H8F4N2O2S. The number of hydrogen-bond donors (Lipinski definition) is 2. The third kappa shape index (κ3) is 2.67. The highest BCUT2D eigenvalue weighted by molar-refractivity contribution is 7.21. The van der Waals surface area contributed by atoms with Crippen LogP contribution in [0.5, 0.6) is 0 Å². The number of aromatic carboxylic acids is 1. The largest absolute Gasteiger partial charge is 0.477 e. The number of aromatic nitrogens is 1. The molecule has 3 N–H and O–H groups in total. The molecule has 2 heterocycles. The average molecular weight is 356 g/mol. The minimum absolute atomic E-state index is 0.0481. The van der Waals surface area contributed by atoms with Crippen LogP contribution < -0.4 is 5.73 Å². The number of nitrogen functional groups attached to an aromatic ring is 1. The van der Waals surface area contributed by atoms with E-state index in [1.807, 2.05) is 0 Å². The van der Waals surface area contributed by atoms with E-state index in [1.165, 1.54) is 12.1 Å². The van der Waals surface area contributed by atoms with Gasteiger partial charge in [-0.1, -0.05) is 0 Å². The zero-order chi connectivity index (χ0) is 17.6. The lowest BCUT2D eigenvalue weighted by atomic mass is 10.1. The number of pyridine rings is 1. The topological polar surface area (TPSA) is 76.2 Å². The maximum absolute atomic E-state index is 13.4. The smallest absolute Gasteiger partial charge is 0.417 e. The number of alkyl halides is 3. The van der Waals surface area contributed by atoms with Gasteiger partial charge in [0.15, 0.2) is 0 Å². The molecule has 0 bridgehead atoms. The Morgan fingerprint density at radius 1 is 1.21 bits per heavy atom. The van der Waals surface area contributed by atoms with E-state index < -0.39 is 39.5 Å². The number of anilines is 1. The number of nitrogens with zero attached hydrogens (tertiary/aromatic N) is 1. The fourth-order valence-corrected chi connectivity index (χ4v) is 3.23. The van der Waals surface area contributed by atoms with E-state index in [9.17, 15) is 22.4 Å². The van der Waals surface area contributed by atoms with Gasteiger partial charge < -0.3 is 10.8 Å². The van der Waals surface area contributed by atoms with Crippen molar-refractivity contribution in [2.24, 2.45) is 0 Å². The van der Waals surface area contributed by atoms with E-state index in [2.05, 4.69) is 4.98 Å². The number of carboxylic acid groups (broad SMARTS) is 1. The van der Waals surface area contributed by atoms with Crippen molar-refractivity contribution in [3.63, 3.8) is 0 Å². The van der Waals surface area contributed by atoms with Gasteiger partial charge in [-0.05, 0) is 30.3 Å². The van der Waals surface area contributed by atoms with Crippen molar-refractivity contribution in [1.29, 1.82) is 0 Å². The monoisotopic (exact) mass is 356 g/mol. The first-order chi connectivity index (χ1) is 11.2. The van der Waals surface area contributed by atoms with E-state index >= 15 is 0 Å². The summed E-state index contributed by atoms with van der Waals surface area (Å²) in [7, 11) is 0. The molecule has 1 aromatic carbocycles. The van der Waals surface area contributed by atoms with Gasteiger partial charge in [0.05, 0.1) is 16.9 Å². The molecule has 0 saturated heterocycles. The van der Waals surface area contributed by atoms with Crippen LogP contribution in [0.3, 0.4) is 0 Å². The minimum atomic E-state index is -4.75. The summed E-state index contributed by atoms with van der Waals surface area (Å²) in [5.74, 6) is -1.96. The quantitative estimate of drug-likeness (QED) is 0.667. The predicted octanol–water partition coefficient (Wildman–Crippen LogP) is 4.40. The van der Waals surface area contributed by atoms with Gasteiger partial charge in [0, 0.05) is 10.9 Å². The number of carboxylic acids is 1. The van der Waals surface area contributed by atoms with Crippen LogP contribution in [0.1, 0.15) is 15.2 Å². The number of carbonyl (C=O) groups is 1. The highest BCUT2D eigenvalue weighted by Crippen LogP contribution is 2.43. The van der Waals surface area contributed by atoms with Gasteiger partial charge in [-0.25, -0.2) is 14.2 Å². The van der Waals surface area contributed by atoms with Gasteiger partial charge in [0.2, 0.25) is 0 Å². The summed E-state index contributed by atoms with van der Waals surface area (Å²) >= 11 is 0.565. The maximum atomic E-state index is 13.4. The molecule has 0 unspecified atom stereocenters. The van der Waals surface area contributed by atoms with Crippen LogP contribution in [0.15, 0.2) is 30.3 Å². The van der Waals surface area contributed by atoms with Crippen LogP contribution in [0, 0.1) is 5.82 Å². The van der Waals surface area contributed by atoms with E-state index in [0.29, 0.717) is 11.3 Å². The number of hydrogen-bond acceptors (Lipinski definition) is 4. The van der Waals surface area contributed by atoms with Crippen LogP contribution in [-0.2, 0) is 6.18 Å². The van der Waals surface area contributed by atoms with Crippen LogP contribution in [0.4, 0.5) is 23.2 Å². The molecule has 0 aliphatic rings. The summed E-state index contributed by atoms with van der Waals surface area (Å²) in [5, 5.41) is 8.62. The van der Waals surface area contributed by atoms with Crippen molar-refractivity contribution in [2.45, 2.75) is 6.18 Å². The van der Waals surface area contributed by atoms with Crippen molar-refractivity contribution < 1.29 is 27.5 Å². The van der Waals surface area contributed by atoms with Crippen molar-refractivity contribution >= 4 is 33.2 Å². The average Bonchev–Trinajstić information content (AvgIpc) is 2.83. The lowest BCUT2D eigenvalue weighted by Crippen LogP contribution is -2.08. The first kappa shape index (κ1) is 16.2. The lowest BCUT2D eigenvalue weighted by molar-refractivity contribution is -0.136. The molecule has 0 fully saturated rings. The maximum Gasteiger partial charge on any atom is 0.417 e. The zero-order valence-electron chi connectivity index (χ0n) is 11.7. The lowest BCUT2D eigenvalue weighted by Gasteiger charge is -2.11. The summed E-state index contributed by atoms with van der Waals surface area (Å²) in [6.07, 6.45) is -4.75. The second-order valence-electron chi connectivity index (χ2n) is 4.89. The molecule has 3 rings (SSSR count). The van der Waals surface area contributed by atoms with Crippen LogP contribution in [0.2, 0.25) is 0 Å². The minimum Gasteiger partial charge on any atom is -0.477 e. The Morgan fingerprint density at radius 3 is 2.38 bits per heavy atom. The Kier molecular flexibility index (Phi) is 3.67. The molecular weight excluding hydrogens is 348 g/mol. The molecule has 24 heavy (non-hydrogen) atoms. The molecule has 3 aromatic rings. The summed E-state index contributed by atoms with van der Waals surface area (Å²) in [6, 6.07) is 5.56. The summed E-state index contributed by atoms with van der Waals surface area (Å²) < 4.78 is 53.1. The van der Waals surface area contributed by atoms with Crippen LogP contribution in [-0.4, -0.2) is 16.1 Å². The number of rotatable bonds is 2. The van der Waals surface area contributed by atoms with Gasteiger partial charge in [-0.15, -0.1) is 11.3 Å². The molecule has 0 spiro atoms. The first-order valence-electron chi connectivity index (χ1n) is 6.48. The second kappa shape index (κ2) is 5.45. The molecule has 0 radical (unpaired) electrons. The number of thiophene rings is 1. The third-order valence-electron chi connectivity index (χ3n) is 3.34. The molecule has 124 valence electrons. The van der Waals surface area contributed by atoms with Crippen molar-refractivity contribution in [1.82, 2.24) is 4.98 Å². The van der Waals surface area contributed by atoms with Crippen molar-refractivity contribution in [3.05, 3.63) is 46.6 Å². The van der Waals surface area contributed by atoms with E-state index in [-0.39, 0.29) is 16.1 Å². The molecule has 0 saturated carbocycles. The van der Waals surface area contributed by atoms with Gasteiger partial charge >= 0.3 is 12.1 Å². The highest BCUT2D eigenvalue weighted by Gasteiger charge is 2.36. The zero-order valence-corrected chi connectivity index (χ0v) is 12.5. The Bertz CT molecular complexity index is 949.